The van der Waals surface area contributed by atoms with Gasteiger partial charge in [0.2, 0.25) is 5.89 Å². The van der Waals surface area contributed by atoms with Crippen LogP contribution < -0.4 is 0 Å². The zero-order valence-electron chi connectivity index (χ0n) is 16.4. The van der Waals surface area contributed by atoms with E-state index in [2.05, 4.69) is 25.9 Å². The summed E-state index contributed by atoms with van der Waals surface area (Å²) in [5, 5.41) is 10.8. The summed E-state index contributed by atoms with van der Waals surface area (Å²) in [6.45, 7) is 0. The fraction of sp³-hybridized carbons (Fsp3) is 0. The molecule has 2 aromatic heterocycles. The molecular weight excluding hydrogens is 474 g/mol. The first-order valence-electron chi connectivity index (χ1n) is 9.60. The van der Waals surface area contributed by atoms with E-state index < -0.39 is 4.92 Å². The van der Waals surface area contributed by atoms with E-state index in [9.17, 15) is 10.1 Å². The predicted molar refractivity (Wildman–Crippen MR) is 125 cm³/mol. The summed E-state index contributed by atoms with van der Waals surface area (Å²) >= 11 is 3.46. The molecule has 5 aromatic rings. The van der Waals surface area contributed by atoms with E-state index in [4.69, 9.17) is 8.83 Å². The van der Waals surface area contributed by atoms with E-state index in [1.807, 2.05) is 42.5 Å². The van der Waals surface area contributed by atoms with Crippen LogP contribution in [-0.4, -0.2) is 16.1 Å². The number of hydrogen-bond donors (Lipinski definition) is 0. The zero-order chi connectivity index (χ0) is 22.1. The lowest BCUT2D eigenvalue weighted by Gasteiger charge is -1.96. The number of furan rings is 1. The number of aliphatic imine (C=N–C) groups is 1. The molecule has 0 spiro atoms. The first-order chi connectivity index (χ1) is 15.5. The molecule has 0 aliphatic rings. The SMILES string of the molecule is O=[N+]([O-])c1ccc(-c2ccc(C=Nc3ccc4oc(-c5cccc(Br)c5)nc4c3)o2)cc1. The molecule has 0 N–H and O–H groups in total. The van der Waals surface area contributed by atoms with Gasteiger partial charge in [-0.1, -0.05) is 22.0 Å². The summed E-state index contributed by atoms with van der Waals surface area (Å²) in [4.78, 5) is 19.4. The maximum Gasteiger partial charge on any atom is 0.269 e. The Balaban J connectivity index is 1.36. The van der Waals surface area contributed by atoms with Crippen LogP contribution >= 0.6 is 15.9 Å². The molecule has 0 fully saturated rings. The molecule has 7 nitrogen and oxygen atoms in total. The third-order valence-electron chi connectivity index (χ3n) is 4.77. The second-order valence-electron chi connectivity index (χ2n) is 6.95. The summed E-state index contributed by atoms with van der Waals surface area (Å²) < 4.78 is 12.6. The van der Waals surface area contributed by atoms with Crippen LogP contribution in [0.5, 0.6) is 0 Å². The highest BCUT2D eigenvalue weighted by Crippen LogP contribution is 2.29. The van der Waals surface area contributed by atoms with Crippen molar-refractivity contribution in [3.05, 3.63) is 99.2 Å². The number of nitro benzene ring substituents is 1. The van der Waals surface area contributed by atoms with E-state index in [0.717, 1.165) is 15.6 Å². The highest BCUT2D eigenvalue weighted by atomic mass is 79.9. The standard InChI is InChI=1S/C24H14BrN3O4/c25-17-3-1-2-16(12-17)24-27-21-13-18(6-10-23(21)32-24)26-14-20-9-11-22(31-20)15-4-7-19(8-5-15)28(29)30/h1-14H. The van der Waals surface area contributed by atoms with Crippen molar-refractivity contribution < 1.29 is 13.8 Å². The maximum atomic E-state index is 10.8. The van der Waals surface area contributed by atoms with Crippen molar-refractivity contribution in [2.45, 2.75) is 0 Å². The van der Waals surface area contributed by atoms with Crippen molar-refractivity contribution in [3.63, 3.8) is 0 Å². The van der Waals surface area contributed by atoms with Gasteiger partial charge in [0.15, 0.2) is 5.58 Å². The van der Waals surface area contributed by atoms with Crippen LogP contribution in [-0.2, 0) is 0 Å². The first-order valence-corrected chi connectivity index (χ1v) is 10.4. The number of halogens is 1. The number of non-ortho nitro benzene ring substituents is 1. The fourth-order valence-corrected chi connectivity index (χ4v) is 3.60. The Morgan fingerprint density at radius 1 is 0.938 bits per heavy atom. The minimum Gasteiger partial charge on any atom is -0.455 e. The molecule has 0 bridgehead atoms. The summed E-state index contributed by atoms with van der Waals surface area (Å²) in [5.74, 6) is 1.71. The van der Waals surface area contributed by atoms with Gasteiger partial charge >= 0.3 is 0 Å². The Morgan fingerprint density at radius 3 is 2.56 bits per heavy atom. The van der Waals surface area contributed by atoms with Crippen LogP contribution in [0.1, 0.15) is 5.76 Å². The van der Waals surface area contributed by atoms with Crippen molar-refractivity contribution in [3.8, 4) is 22.8 Å². The number of aromatic nitrogens is 1. The fourth-order valence-electron chi connectivity index (χ4n) is 3.20. The largest absolute Gasteiger partial charge is 0.455 e. The lowest BCUT2D eigenvalue weighted by molar-refractivity contribution is -0.384. The highest BCUT2D eigenvalue weighted by Gasteiger charge is 2.10. The Kier molecular flexibility index (Phi) is 5.12. The quantitative estimate of drug-likeness (QED) is 0.148. The van der Waals surface area contributed by atoms with Gasteiger partial charge in [-0.15, -0.1) is 0 Å². The number of nitro groups is 1. The monoisotopic (exact) mass is 487 g/mol. The Morgan fingerprint density at radius 2 is 1.78 bits per heavy atom. The molecule has 2 heterocycles. The second-order valence-corrected chi connectivity index (χ2v) is 7.86. The van der Waals surface area contributed by atoms with Gasteiger partial charge in [-0.05, 0) is 60.7 Å². The Hall–Kier alpha value is -4.04. The minimum atomic E-state index is -0.433. The smallest absolute Gasteiger partial charge is 0.269 e. The molecule has 0 atom stereocenters. The van der Waals surface area contributed by atoms with Crippen molar-refractivity contribution in [1.82, 2.24) is 4.98 Å². The molecule has 8 heteroatoms. The number of oxazole rings is 1. The Labute approximate surface area is 190 Å². The molecule has 0 aliphatic heterocycles. The van der Waals surface area contributed by atoms with E-state index in [1.165, 1.54) is 12.1 Å². The van der Waals surface area contributed by atoms with Crippen LogP contribution in [0.2, 0.25) is 0 Å². The van der Waals surface area contributed by atoms with Crippen LogP contribution in [0, 0.1) is 10.1 Å². The molecule has 0 saturated heterocycles. The van der Waals surface area contributed by atoms with Gasteiger partial charge < -0.3 is 8.83 Å². The number of fused-ring (bicyclic) bond motifs is 1. The zero-order valence-corrected chi connectivity index (χ0v) is 18.0. The van der Waals surface area contributed by atoms with Gasteiger partial charge in [0.05, 0.1) is 16.8 Å². The molecule has 156 valence electrons. The van der Waals surface area contributed by atoms with Crippen molar-refractivity contribution in [2.24, 2.45) is 4.99 Å². The van der Waals surface area contributed by atoms with Gasteiger partial charge in [0, 0.05) is 27.7 Å². The van der Waals surface area contributed by atoms with Crippen molar-refractivity contribution in [1.29, 1.82) is 0 Å². The molecule has 0 aliphatic carbocycles. The topological polar surface area (TPSA) is 94.7 Å². The molecule has 0 unspecified atom stereocenters. The predicted octanol–water partition coefficient (Wildman–Crippen LogP) is 7.18. The third-order valence-corrected chi connectivity index (χ3v) is 5.27. The van der Waals surface area contributed by atoms with E-state index in [1.54, 1.807) is 30.5 Å². The average Bonchev–Trinajstić information content (AvgIpc) is 3.44. The summed E-state index contributed by atoms with van der Waals surface area (Å²) in [6.07, 6.45) is 1.62. The van der Waals surface area contributed by atoms with E-state index in [-0.39, 0.29) is 5.69 Å². The first kappa shape index (κ1) is 19.9. The summed E-state index contributed by atoms with van der Waals surface area (Å²) in [5.41, 5.74) is 3.76. The van der Waals surface area contributed by atoms with Gasteiger partial charge in [-0.25, -0.2) is 4.98 Å². The van der Waals surface area contributed by atoms with Crippen molar-refractivity contribution >= 4 is 44.6 Å². The molecular formula is C24H14BrN3O4. The van der Waals surface area contributed by atoms with Gasteiger partial charge in [0.25, 0.3) is 5.69 Å². The minimum absolute atomic E-state index is 0.0356. The third kappa shape index (κ3) is 4.08. The van der Waals surface area contributed by atoms with E-state index >= 15 is 0 Å². The highest BCUT2D eigenvalue weighted by molar-refractivity contribution is 9.10. The molecule has 0 saturated carbocycles. The maximum absolute atomic E-state index is 10.8. The van der Waals surface area contributed by atoms with Gasteiger partial charge in [-0.2, -0.15) is 0 Å². The van der Waals surface area contributed by atoms with Crippen LogP contribution in [0.3, 0.4) is 0 Å². The molecule has 3 aromatic carbocycles. The van der Waals surface area contributed by atoms with Crippen LogP contribution in [0.25, 0.3) is 33.9 Å². The van der Waals surface area contributed by atoms with Gasteiger partial charge in [-0.3, -0.25) is 15.1 Å². The van der Waals surface area contributed by atoms with Gasteiger partial charge in [0.1, 0.15) is 17.0 Å². The number of nitrogens with zero attached hydrogens (tertiary/aromatic N) is 3. The molecule has 0 amide bonds. The summed E-state index contributed by atoms with van der Waals surface area (Å²) in [7, 11) is 0. The Bertz CT molecular complexity index is 1470. The molecule has 0 radical (unpaired) electrons. The molecule has 5 rings (SSSR count). The second kappa shape index (κ2) is 8.24. The lowest BCUT2D eigenvalue weighted by atomic mass is 10.1. The van der Waals surface area contributed by atoms with Crippen LogP contribution in [0.4, 0.5) is 11.4 Å². The van der Waals surface area contributed by atoms with Crippen molar-refractivity contribution in [2.75, 3.05) is 0 Å². The normalized spacial score (nSPS) is 11.4. The number of benzene rings is 3. The van der Waals surface area contributed by atoms with Crippen LogP contribution in [0.15, 0.2) is 97.2 Å². The molecule has 32 heavy (non-hydrogen) atoms. The summed E-state index contributed by atoms with van der Waals surface area (Å²) in [6, 6.07) is 23.1. The lowest BCUT2D eigenvalue weighted by Crippen LogP contribution is -1.86. The number of hydrogen-bond acceptors (Lipinski definition) is 6. The average molecular weight is 488 g/mol. The van der Waals surface area contributed by atoms with E-state index in [0.29, 0.717) is 34.2 Å². The number of rotatable bonds is 5.